The lowest BCUT2D eigenvalue weighted by molar-refractivity contribution is 0.0988. The van der Waals surface area contributed by atoms with E-state index in [1.54, 1.807) is 0 Å². The maximum Gasteiger partial charge on any atom is 0.216 e. The summed E-state index contributed by atoms with van der Waals surface area (Å²) < 4.78 is 31.4. The van der Waals surface area contributed by atoms with E-state index < -0.39 is 10.0 Å². The molecule has 1 fully saturated rings. The molecule has 0 saturated carbocycles. The van der Waals surface area contributed by atoms with Crippen molar-refractivity contribution >= 4 is 22.4 Å². The molecule has 104 valence electrons. The van der Waals surface area contributed by atoms with Crippen molar-refractivity contribution in [1.29, 1.82) is 0 Å². The van der Waals surface area contributed by atoms with Crippen LogP contribution in [0.1, 0.15) is 26.2 Å². The number of sulfonamides is 1. The summed E-state index contributed by atoms with van der Waals surface area (Å²) in [6.07, 6.45) is 2.60. The molecule has 0 aromatic heterocycles. The Morgan fingerprint density at radius 2 is 2.06 bits per heavy atom. The van der Waals surface area contributed by atoms with Gasteiger partial charge in [0.2, 0.25) is 10.0 Å². The Kier molecular flexibility index (Phi) is 9.17. The van der Waals surface area contributed by atoms with Gasteiger partial charge in [-0.25, -0.2) is 13.1 Å². The van der Waals surface area contributed by atoms with Gasteiger partial charge in [0.15, 0.2) is 0 Å². The van der Waals surface area contributed by atoms with Crippen LogP contribution < -0.4 is 10.0 Å². The second kappa shape index (κ2) is 9.10. The van der Waals surface area contributed by atoms with Gasteiger partial charge in [-0.05, 0) is 25.8 Å². The Balaban J connectivity index is 0.00000256. The predicted octanol–water partition coefficient (Wildman–Crippen LogP) is 0.506. The zero-order valence-electron chi connectivity index (χ0n) is 10.3. The van der Waals surface area contributed by atoms with E-state index in [9.17, 15) is 8.42 Å². The third kappa shape index (κ3) is 6.57. The number of rotatable bonds is 7. The van der Waals surface area contributed by atoms with E-state index in [4.69, 9.17) is 4.74 Å². The number of hydrogen-bond donors (Lipinski definition) is 2. The van der Waals surface area contributed by atoms with Gasteiger partial charge in [0.1, 0.15) is 0 Å². The van der Waals surface area contributed by atoms with E-state index >= 15 is 0 Å². The highest BCUT2D eigenvalue weighted by atomic mass is 35.5. The summed E-state index contributed by atoms with van der Waals surface area (Å²) in [4.78, 5) is 0. The van der Waals surface area contributed by atoms with Crippen molar-refractivity contribution in [3.8, 4) is 0 Å². The summed E-state index contributed by atoms with van der Waals surface area (Å²) in [7, 11) is -3.19. The summed E-state index contributed by atoms with van der Waals surface area (Å²) >= 11 is 0. The van der Waals surface area contributed by atoms with E-state index in [1.807, 2.05) is 0 Å². The van der Waals surface area contributed by atoms with Gasteiger partial charge in [-0.2, -0.15) is 0 Å². The first-order valence-electron chi connectivity index (χ1n) is 5.93. The SMILES string of the molecule is CCCNCCNS(=O)(=O)C1CCCOC1.Cl. The molecule has 0 aromatic carbocycles. The van der Waals surface area contributed by atoms with Crippen molar-refractivity contribution in [3.63, 3.8) is 0 Å². The second-order valence-electron chi connectivity index (χ2n) is 4.03. The quantitative estimate of drug-likeness (QED) is 0.669. The molecule has 2 N–H and O–H groups in total. The molecule has 0 amide bonds. The summed E-state index contributed by atoms with van der Waals surface area (Å²) in [6, 6.07) is 0. The fourth-order valence-corrected chi connectivity index (χ4v) is 3.03. The van der Waals surface area contributed by atoms with Crippen molar-refractivity contribution in [1.82, 2.24) is 10.0 Å². The topological polar surface area (TPSA) is 67.4 Å². The van der Waals surface area contributed by atoms with Crippen LogP contribution in [0.4, 0.5) is 0 Å². The van der Waals surface area contributed by atoms with Crippen molar-refractivity contribution in [2.24, 2.45) is 0 Å². The lowest BCUT2D eigenvalue weighted by atomic mass is 10.2. The minimum absolute atomic E-state index is 0. The average Bonchev–Trinajstić information content (AvgIpc) is 2.30. The molecular weight excluding hydrogens is 264 g/mol. The third-order valence-electron chi connectivity index (χ3n) is 2.59. The first-order chi connectivity index (χ1) is 7.67. The molecule has 0 radical (unpaired) electrons. The van der Waals surface area contributed by atoms with Crippen LogP contribution in [0.15, 0.2) is 0 Å². The molecule has 7 heteroatoms. The van der Waals surface area contributed by atoms with Crippen LogP contribution in [-0.2, 0) is 14.8 Å². The van der Waals surface area contributed by atoms with Gasteiger partial charge in [-0.15, -0.1) is 12.4 Å². The summed E-state index contributed by atoms with van der Waals surface area (Å²) in [5.41, 5.74) is 0. The molecule has 0 spiro atoms. The summed E-state index contributed by atoms with van der Waals surface area (Å²) in [6.45, 7) is 5.16. The molecular formula is C10H23ClN2O3S. The smallest absolute Gasteiger partial charge is 0.216 e. The van der Waals surface area contributed by atoms with Crippen LogP contribution in [-0.4, -0.2) is 46.5 Å². The molecule has 1 rings (SSSR count). The van der Waals surface area contributed by atoms with Crippen molar-refractivity contribution in [2.45, 2.75) is 31.4 Å². The van der Waals surface area contributed by atoms with Gasteiger partial charge in [0.25, 0.3) is 0 Å². The first kappa shape index (κ1) is 17.1. The van der Waals surface area contributed by atoms with Crippen molar-refractivity contribution in [2.75, 3.05) is 32.8 Å². The number of halogens is 1. The van der Waals surface area contributed by atoms with Crippen molar-refractivity contribution in [3.05, 3.63) is 0 Å². The molecule has 17 heavy (non-hydrogen) atoms. The molecule has 0 bridgehead atoms. The molecule has 0 aromatic rings. The Hall–Kier alpha value is 0.120. The normalized spacial score (nSPS) is 20.9. The van der Waals surface area contributed by atoms with Crippen LogP contribution in [0, 0.1) is 0 Å². The lowest BCUT2D eigenvalue weighted by Gasteiger charge is -2.22. The van der Waals surface area contributed by atoms with Crippen molar-refractivity contribution < 1.29 is 13.2 Å². The van der Waals surface area contributed by atoms with Crippen LogP contribution in [0.3, 0.4) is 0 Å². The number of hydrogen-bond acceptors (Lipinski definition) is 4. The zero-order chi connectivity index (χ0) is 11.9. The molecule has 1 atom stereocenters. The molecule has 1 unspecified atom stereocenters. The van der Waals surface area contributed by atoms with Gasteiger partial charge >= 0.3 is 0 Å². The van der Waals surface area contributed by atoms with Gasteiger partial charge in [0.05, 0.1) is 11.9 Å². The molecule has 1 saturated heterocycles. The van der Waals surface area contributed by atoms with Gasteiger partial charge in [-0.1, -0.05) is 6.92 Å². The molecule has 1 aliphatic rings. The fourth-order valence-electron chi connectivity index (χ4n) is 1.66. The molecule has 1 aliphatic heterocycles. The Bertz CT molecular complexity index is 279. The minimum Gasteiger partial charge on any atom is -0.380 e. The first-order valence-corrected chi connectivity index (χ1v) is 7.48. The standard InChI is InChI=1S/C10H22N2O3S.ClH/c1-2-5-11-6-7-12-16(13,14)10-4-3-8-15-9-10;/h10-12H,2-9H2,1H3;1H. The largest absolute Gasteiger partial charge is 0.380 e. The van der Waals surface area contributed by atoms with E-state index in [2.05, 4.69) is 17.0 Å². The van der Waals surface area contributed by atoms with E-state index in [0.717, 1.165) is 19.4 Å². The summed E-state index contributed by atoms with van der Waals surface area (Å²) in [5, 5.41) is 2.78. The predicted molar refractivity (Wildman–Crippen MR) is 71.2 cm³/mol. The van der Waals surface area contributed by atoms with Crippen LogP contribution in [0.5, 0.6) is 0 Å². The molecule has 5 nitrogen and oxygen atoms in total. The van der Waals surface area contributed by atoms with Gasteiger partial charge in [-0.3, -0.25) is 0 Å². The van der Waals surface area contributed by atoms with Crippen LogP contribution >= 0.6 is 12.4 Å². The zero-order valence-corrected chi connectivity index (χ0v) is 11.9. The number of nitrogens with one attached hydrogen (secondary N) is 2. The Morgan fingerprint density at radius 3 is 2.65 bits per heavy atom. The highest BCUT2D eigenvalue weighted by molar-refractivity contribution is 7.90. The second-order valence-corrected chi connectivity index (χ2v) is 6.07. The maximum atomic E-state index is 11.8. The average molecular weight is 287 g/mol. The number of ether oxygens (including phenoxy) is 1. The van der Waals surface area contributed by atoms with E-state index in [-0.39, 0.29) is 17.7 Å². The minimum atomic E-state index is -3.19. The summed E-state index contributed by atoms with van der Waals surface area (Å²) in [5.74, 6) is 0. The molecule has 1 heterocycles. The maximum absolute atomic E-state index is 11.8. The molecule has 0 aliphatic carbocycles. The highest BCUT2D eigenvalue weighted by Crippen LogP contribution is 2.13. The van der Waals surface area contributed by atoms with Gasteiger partial charge < -0.3 is 10.1 Å². The Morgan fingerprint density at radius 1 is 1.29 bits per heavy atom. The van der Waals surface area contributed by atoms with Gasteiger partial charge in [0, 0.05) is 19.7 Å². The van der Waals surface area contributed by atoms with E-state index in [0.29, 0.717) is 32.7 Å². The van der Waals surface area contributed by atoms with E-state index in [1.165, 1.54) is 0 Å². The highest BCUT2D eigenvalue weighted by Gasteiger charge is 2.27. The van der Waals surface area contributed by atoms with Crippen LogP contribution in [0.25, 0.3) is 0 Å². The third-order valence-corrected chi connectivity index (χ3v) is 4.45. The lowest BCUT2D eigenvalue weighted by Crippen LogP contribution is -2.41. The fraction of sp³-hybridized carbons (Fsp3) is 1.00. The monoisotopic (exact) mass is 286 g/mol. The van der Waals surface area contributed by atoms with Crippen LogP contribution in [0.2, 0.25) is 0 Å². The Labute approximate surface area is 110 Å².